The van der Waals surface area contributed by atoms with Gasteiger partial charge < -0.3 is 10.4 Å². The second kappa shape index (κ2) is 6.95. The van der Waals surface area contributed by atoms with Crippen LogP contribution >= 0.6 is 0 Å². The number of rotatable bonds is 6. The Morgan fingerprint density at radius 3 is 3.00 bits per heavy atom. The van der Waals surface area contributed by atoms with Gasteiger partial charge in [0.1, 0.15) is 0 Å². The van der Waals surface area contributed by atoms with Crippen LogP contribution in [0.5, 0.6) is 0 Å². The highest BCUT2D eigenvalue weighted by Gasteiger charge is 2.07. The van der Waals surface area contributed by atoms with E-state index < -0.39 is 6.10 Å². The molecule has 0 saturated carbocycles. The van der Waals surface area contributed by atoms with Gasteiger partial charge in [0, 0.05) is 18.4 Å². The molecule has 1 atom stereocenters. The molecule has 88 valence electrons. The maximum absolute atomic E-state index is 11.5. The second-order valence-corrected chi connectivity index (χ2v) is 3.74. The summed E-state index contributed by atoms with van der Waals surface area (Å²) in [6.07, 6.45) is 3.10. The number of carbonyl (C=O) groups is 1. The molecule has 1 heterocycles. The zero-order chi connectivity index (χ0) is 11.8. The smallest absolute Gasteiger partial charge is 0.226 e. The molecule has 4 nitrogen and oxygen atoms in total. The first-order chi connectivity index (χ1) is 7.72. The maximum atomic E-state index is 11.5. The third-order valence-corrected chi connectivity index (χ3v) is 2.22. The van der Waals surface area contributed by atoms with Gasteiger partial charge in [0.2, 0.25) is 5.91 Å². The molecule has 2 N–H and O–H groups in total. The number of aliphatic hydroxyl groups excluding tert-OH is 1. The summed E-state index contributed by atoms with van der Waals surface area (Å²) in [4.78, 5) is 15.5. The zero-order valence-electron chi connectivity index (χ0n) is 9.52. The van der Waals surface area contributed by atoms with Crippen molar-refractivity contribution in [2.75, 3.05) is 6.54 Å². The molecule has 0 radical (unpaired) electrons. The Hall–Kier alpha value is -1.42. The van der Waals surface area contributed by atoms with Gasteiger partial charge >= 0.3 is 0 Å². The number of aromatic nitrogens is 1. The Kier molecular flexibility index (Phi) is 5.50. The van der Waals surface area contributed by atoms with Crippen molar-refractivity contribution < 1.29 is 9.90 Å². The van der Waals surface area contributed by atoms with Crippen molar-refractivity contribution in [3.05, 3.63) is 30.1 Å². The summed E-state index contributed by atoms with van der Waals surface area (Å²) in [7, 11) is 0. The first-order valence-electron chi connectivity index (χ1n) is 5.57. The summed E-state index contributed by atoms with van der Waals surface area (Å²) in [6, 6.07) is 5.47. The van der Waals surface area contributed by atoms with Gasteiger partial charge in [-0.25, -0.2) is 0 Å². The number of carbonyl (C=O) groups excluding carboxylic acids is 1. The van der Waals surface area contributed by atoms with E-state index in [1.54, 1.807) is 6.20 Å². The number of pyridine rings is 1. The lowest BCUT2D eigenvalue weighted by atomic mass is 10.2. The van der Waals surface area contributed by atoms with Crippen LogP contribution in [0, 0.1) is 0 Å². The van der Waals surface area contributed by atoms with E-state index >= 15 is 0 Å². The van der Waals surface area contributed by atoms with Crippen LogP contribution in [0.1, 0.15) is 25.5 Å². The highest BCUT2D eigenvalue weighted by atomic mass is 16.3. The van der Waals surface area contributed by atoms with Crippen LogP contribution in [-0.4, -0.2) is 28.6 Å². The predicted octanol–water partition coefficient (Wildman–Crippen LogP) is 0.901. The molecule has 1 unspecified atom stereocenters. The Labute approximate surface area is 95.7 Å². The number of aliphatic hydroxyl groups is 1. The molecule has 1 amide bonds. The number of nitrogens with one attached hydrogen (secondary N) is 1. The Bertz CT molecular complexity index is 314. The highest BCUT2D eigenvalue weighted by molar-refractivity contribution is 5.78. The molecule has 0 aliphatic rings. The molecule has 0 spiro atoms. The van der Waals surface area contributed by atoms with Gasteiger partial charge in [0.05, 0.1) is 12.5 Å². The van der Waals surface area contributed by atoms with Crippen LogP contribution in [0.3, 0.4) is 0 Å². The van der Waals surface area contributed by atoms with E-state index in [1.807, 2.05) is 25.1 Å². The highest BCUT2D eigenvalue weighted by Crippen LogP contribution is 1.96. The standard InChI is InChI=1S/C12H18N2O2/c1-2-5-11(15)9-14-12(16)8-10-6-3-4-7-13-10/h3-4,6-7,11,15H,2,5,8-9H2,1H3,(H,14,16). The van der Waals surface area contributed by atoms with Gasteiger partial charge in [-0.15, -0.1) is 0 Å². The minimum atomic E-state index is -0.447. The molecule has 1 aromatic heterocycles. The topological polar surface area (TPSA) is 62.2 Å². The molecule has 4 heteroatoms. The summed E-state index contributed by atoms with van der Waals surface area (Å²) in [5.41, 5.74) is 0.741. The van der Waals surface area contributed by atoms with Crippen LogP contribution < -0.4 is 5.32 Å². The number of amides is 1. The molecule has 1 aromatic rings. The molecular weight excluding hydrogens is 204 g/mol. The largest absolute Gasteiger partial charge is 0.391 e. The van der Waals surface area contributed by atoms with Crippen molar-refractivity contribution in [2.24, 2.45) is 0 Å². The van der Waals surface area contributed by atoms with E-state index in [1.165, 1.54) is 0 Å². The Morgan fingerprint density at radius 1 is 1.56 bits per heavy atom. The summed E-state index contributed by atoms with van der Waals surface area (Å²) in [6.45, 7) is 2.32. The lowest BCUT2D eigenvalue weighted by Crippen LogP contribution is -2.33. The van der Waals surface area contributed by atoms with Gasteiger partial charge in [-0.1, -0.05) is 19.4 Å². The first kappa shape index (κ1) is 12.6. The fourth-order valence-electron chi connectivity index (χ4n) is 1.40. The lowest BCUT2D eigenvalue weighted by molar-refractivity contribution is -0.121. The lowest BCUT2D eigenvalue weighted by Gasteiger charge is -2.10. The van der Waals surface area contributed by atoms with Gasteiger partial charge in [0.15, 0.2) is 0 Å². The van der Waals surface area contributed by atoms with Gasteiger partial charge in [0.25, 0.3) is 0 Å². The molecular formula is C12H18N2O2. The van der Waals surface area contributed by atoms with E-state index in [9.17, 15) is 9.90 Å². The molecule has 0 aliphatic carbocycles. The van der Waals surface area contributed by atoms with E-state index in [0.29, 0.717) is 13.0 Å². The van der Waals surface area contributed by atoms with E-state index in [2.05, 4.69) is 10.3 Å². The Morgan fingerprint density at radius 2 is 2.38 bits per heavy atom. The Balaban J connectivity index is 2.26. The quantitative estimate of drug-likeness (QED) is 0.751. The van der Waals surface area contributed by atoms with E-state index in [0.717, 1.165) is 12.1 Å². The first-order valence-corrected chi connectivity index (χ1v) is 5.57. The summed E-state index contributed by atoms with van der Waals surface area (Å²) < 4.78 is 0. The van der Waals surface area contributed by atoms with Crippen molar-refractivity contribution in [3.63, 3.8) is 0 Å². The van der Waals surface area contributed by atoms with Crippen molar-refractivity contribution in [3.8, 4) is 0 Å². The molecule has 0 saturated heterocycles. The minimum Gasteiger partial charge on any atom is -0.391 e. The molecule has 0 aliphatic heterocycles. The van der Waals surface area contributed by atoms with Crippen LogP contribution in [-0.2, 0) is 11.2 Å². The van der Waals surface area contributed by atoms with Crippen LogP contribution in [0.25, 0.3) is 0 Å². The van der Waals surface area contributed by atoms with Gasteiger partial charge in [-0.3, -0.25) is 9.78 Å². The molecule has 0 bridgehead atoms. The van der Waals surface area contributed by atoms with Gasteiger partial charge in [-0.05, 0) is 18.6 Å². The summed E-state index contributed by atoms with van der Waals surface area (Å²) in [5.74, 6) is -0.103. The van der Waals surface area contributed by atoms with Gasteiger partial charge in [-0.2, -0.15) is 0 Å². The van der Waals surface area contributed by atoms with Crippen molar-refractivity contribution >= 4 is 5.91 Å². The van der Waals surface area contributed by atoms with Crippen molar-refractivity contribution in [1.82, 2.24) is 10.3 Å². The monoisotopic (exact) mass is 222 g/mol. The average Bonchev–Trinajstić information content (AvgIpc) is 2.28. The second-order valence-electron chi connectivity index (χ2n) is 3.74. The summed E-state index contributed by atoms with van der Waals surface area (Å²) in [5, 5.41) is 12.1. The maximum Gasteiger partial charge on any atom is 0.226 e. The third-order valence-electron chi connectivity index (χ3n) is 2.22. The zero-order valence-corrected chi connectivity index (χ0v) is 9.52. The van der Waals surface area contributed by atoms with Crippen molar-refractivity contribution in [1.29, 1.82) is 0 Å². The third kappa shape index (κ3) is 4.89. The minimum absolute atomic E-state index is 0.103. The van der Waals surface area contributed by atoms with E-state index in [4.69, 9.17) is 0 Å². The SMILES string of the molecule is CCCC(O)CNC(=O)Cc1ccccn1. The van der Waals surface area contributed by atoms with Crippen LogP contribution in [0.4, 0.5) is 0 Å². The molecule has 1 rings (SSSR count). The molecule has 16 heavy (non-hydrogen) atoms. The van der Waals surface area contributed by atoms with Crippen molar-refractivity contribution in [2.45, 2.75) is 32.3 Å². The number of nitrogens with zero attached hydrogens (tertiary/aromatic N) is 1. The fraction of sp³-hybridized carbons (Fsp3) is 0.500. The number of hydrogen-bond acceptors (Lipinski definition) is 3. The van der Waals surface area contributed by atoms with Crippen LogP contribution in [0.2, 0.25) is 0 Å². The normalized spacial score (nSPS) is 12.1. The number of hydrogen-bond donors (Lipinski definition) is 2. The average molecular weight is 222 g/mol. The van der Waals surface area contributed by atoms with Crippen LogP contribution in [0.15, 0.2) is 24.4 Å². The molecule has 0 fully saturated rings. The fourth-order valence-corrected chi connectivity index (χ4v) is 1.40. The molecule has 0 aromatic carbocycles. The summed E-state index contributed by atoms with van der Waals surface area (Å²) >= 11 is 0. The van der Waals surface area contributed by atoms with E-state index in [-0.39, 0.29) is 12.3 Å². The predicted molar refractivity (Wildman–Crippen MR) is 61.9 cm³/mol.